The van der Waals surface area contributed by atoms with E-state index in [4.69, 9.17) is 16.3 Å². The maximum Gasteiger partial charge on any atom is 0.128 e. The van der Waals surface area contributed by atoms with Gasteiger partial charge in [-0.15, -0.1) is 0 Å². The molecule has 0 amide bonds. The molecule has 0 spiro atoms. The van der Waals surface area contributed by atoms with Crippen LogP contribution in [0.15, 0.2) is 12.1 Å². The molecule has 1 aliphatic carbocycles. The molecule has 3 rings (SSSR count). The molecule has 2 nitrogen and oxygen atoms in total. The first kappa shape index (κ1) is 9.49. The molecule has 1 N–H and O–H groups in total. The summed E-state index contributed by atoms with van der Waals surface area (Å²) >= 11 is 6.03. The van der Waals surface area contributed by atoms with Crippen molar-refractivity contribution in [3.63, 3.8) is 0 Å². The van der Waals surface area contributed by atoms with Gasteiger partial charge >= 0.3 is 0 Å². The second kappa shape index (κ2) is 3.39. The minimum atomic E-state index is -0.393. The van der Waals surface area contributed by atoms with Gasteiger partial charge in [-0.2, -0.15) is 0 Å². The van der Waals surface area contributed by atoms with E-state index in [1.54, 1.807) is 0 Å². The van der Waals surface area contributed by atoms with E-state index in [1.807, 2.05) is 12.1 Å². The zero-order valence-corrected chi connectivity index (χ0v) is 9.13. The number of ether oxygens (including phenoxy) is 1. The molecule has 1 unspecified atom stereocenters. The van der Waals surface area contributed by atoms with Gasteiger partial charge in [0.2, 0.25) is 0 Å². The van der Waals surface area contributed by atoms with Crippen LogP contribution in [-0.2, 0) is 6.42 Å². The van der Waals surface area contributed by atoms with Crippen LogP contribution >= 0.6 is 11.6 Å². The van der Waals surface area contributed by atoms with Gasteiger partial charge in [0.05, 0.1) is 12.7 Å². The van der Waals surface area contributed by atoms with Gasteiger partial charge in [0.25, 0.3) is 0 Å². The molecule has 0 radical (unpaired) electrons. The van der Waals surface area contributed by atoms with E-state index in [0.29, 0.717) is 17.5 Å². The number of aliphatic hydroxyl groups is 1. The monoisotopic (exact) mass is 224 g/mol. The van der Waals surface area contributed by atoms with Crippen LogP contribution in [0.4, 0.5) is 0 Å². The van der Waals surface area contributed by atoms with Gasteiger partial charge < -0.3 is 9.84 Å². The van der Waals surface area contributed by atoms with Crippen LogP contribution in [0.2, 0.25) is 5.02 Å². The molecule has 0 bridgehead atoms. The van der Waals surface area contributed by atoms with Crippen molar-refractivity contribution >= 4 is 11.6 Å². The summed E-state index contributed by atoms with van der Waals surface area (Å²) in [5.41, 5.74) is 2.02. The molecule has 1 aromatic carbocycles. The molecule has 0 aromatic heterocycles. The van der Waals surface area contributed by atoms with Crippen molar-refractivity contribution < 1.29 is 9.84 Å². The quantitative estimate of drug-likeness (QED) is 0.837. The Bertz CT molecular complexity index is 399. The molecule has 1 aromatic rings. The van der Waals surface area contributed by atoms with Crippen molar-refractivity contribution in [3.05, 3.63) is 28.3 Å². The summed E-state index contributed by atoms with van der Waals surface area (Å²) in [6.45, 7) is 0.708. The zero-order chi connectivity index (χ0) is 10.4. The number of halogens is 1. The summed E-state index contributed by atoms with van der Waals surface area (Å²) in [5.74, 6) is 1.29. The first-order valence-corrected chi connectivity index (χ1v) is 5.76. The lowest BCUT2D eigenvalue weighted by Crippen LogP contribution is -2.02. The van der Waals surface area contributed by atoms with Gasteiger partial charge in [0.15, 0.2) is 0 Å². The van der Waals surface area contributed by atoms with Crippen LogP contribution in [0.3, 0.4) is 0 Å². The first-order chi connectivity index (χ1) is 7.25. The number of benzene rings is 1. The minimum absolute atomic E-state index is 0.393. The van der Waals surface area contributed by atoms with Gasteiger partial charge in [0.1, 0.15) is 5.75 Å². The molecular weight excluding hydrogens is 212 g/mol. The van der Waals surface area contributed by atoms with E-state index in [2.05, 4.69) is 0 Å². The zero-order valence-electron chi connectivity index (χ0n) is 8.37. The number of fused-ring (bicyclic) bond motifs is 1. The first-order valence-electron chi connectivity index (χ1n) is 5.39. The Morgan fingerprint density at radius 2 is 2.20 bits per heavy atom. The van der Waals surface area contributed by atoms with Crippen LogP contribution in [-0.4, -0.2) is 11.7 Å². The second-order valence-corrected chi connectivity index (χ2v) is 4.80. The summed E-state index contributed by atoms with van der Waals surface area (Å²) in [6, 6.07) is 3.78. The number of aliphatic hydroxyl groups excluding tert-OH is 1. The largest absolute Gasteiger partial charge is 0.493 e. The lowest BCUT2D eigenvalue weighted by atomic mass is 10.0. The molecule has 0 saturated heterocycles. The summed E-state index contributed by atoms with van der Waals surface area (Å²) in [6.07, 6.45) is 2.74. The molecule has 1 heterocycles. The van der Waals surface area contributed by atoms with Gasteiger partial charge in [-0.05, 0) is 36.5 Å². The van der Waals surface area contributed by atoms with E-state index in [-0.39, 0.29) is 0 Å². The second-order valence-electron chi connectivity index (χ2n) is 4.36. The van der Waals surface area contributed by atoms with Crippen LogP contribution in [0.5, 0.6) is 5.75 Å². The normalized spacial score (nSPS) is 20.9. The Labute approximate surface area is 93.8 Å². The Balaban J connectivity index is 2.05. The Hall–Kier alpha value is -0.730. The molecule has 15 heavy (non-hydrogen) atoms. The summed E-state index contributed by atoms with van der Waals surface area (Å²) in [7, 11) is 0. The fourth-order valence-corrected chi connectivity index (χ4v) is 2.43. The van der Waals surface area contributed by atoms with E-state index >= 15 is 0 Å². The van der Waals surface area contributed by atoms with Crippen LogP contribution in [0, 0.1) is 5.92 Å². The van der Waals surface area contributed by atoms with Crippen molar-refractivity contribution in [1.29, 1.82) is 0 Å². The highest BCUT2D eigenvalue weighted by atomic mass is 35.5. The molecule has 1 atom stereocenters. The molecule has 2 aliphatic rings. The molecule has 1 fully saturated rings. The third-order valence-corrected chi connectivity index (χ3v) is 3.38. The number of hydrogen-bond acceptors (Lipinski definition) is 2. The lowest BCUT2D eigenvalue weighted by Gasteiger charge is -2.14. The van der Waals surface area contributed by atoms with E-state index in [1.165, 1.54) is 0 Å². The molecular formula is C12H13ClO2. The van der Waals surface area contributed by atoms with Crippen molar-refractivity contribution in [2.45, 2.75) is 25.4 Å². The van der Waals surface area contributed by atoms with E-state index in [0.717, 1.165) is 36.1 Å². The summed E-state index contributed by atoms with van der Waals surface area (Å²) in [4.78, 5) is 0. The lowest BCUT2D eigenvalue weighted by molar-refractivity contribution is 0.149. The standard InChI is InChI=1S/C12H13ClO2/c13-9-5-8-3-4-15-12(8)10(6-9)11(14)7-1-2-7/h5-7,11,14H,1-4H2. The van der Waals surface area contributed by atoms with E-state index < -0.39 is 6.10 Å². The third kappa shape index (κ3) is 1.62. The Morgan fingerprint density at radius 1 is 1.40 bits per heavy atom. The fourth-order valence-electron chi connectivity index (χ4n) is 2.18. The van der Waals surface area contributed by atoms with Crippen LogP contribution < -0.4 is 4.74 Å². The smallest absolute Gasteiger partial charge is 0.128 e. The van der Waals surface area contributed by atoms with Crippen LogP contribution in [0.25, 0.3) is 0 Å². The highest BCUT2D eigenvalue weighted by Gasteiger charge is 2.34. The van der Waals surface area contributed by atoms with Crippen molar-refractivity contribution in [3.8, 4) is 5.75 Å². The van der Waals surface area contributed by atoms with Gasteiger partial charge in [-0.25, -0.2) is 0 Å². The molecule has 3 heteroatoms. The number of hydrogen-bond donors (Lipinski definition) is 1. The summed E-state index contributed by atoms with van der Waals surface area (Å²) < 4.78 is 5.57. The molecule has 1 aliphatic heterocycles. The fraction of sp³-hybridized carbons (Fsp3) is 0.500. The van der Waals surface area contributed by atoms with Gasteiger partial charge in [-0.3, -0.25) is 0 Å². The Kier molecular flexibility index (Phi) is 2.15. The summed E-state index contributed by atoms with van der Waals surface area (Å²) in [5, 5.41) is 10.8. The topological polar surface area (TPSA) is 29.5 Å². The predicted octanol–water partition coefficient (Wildman–Crippen LogP) is 2.72. The van der Waals surface area contributed by atoms with Crippen molar-refractivity contribution in [1.82, 2.24) is 0 Å². The molecule has 80 valence electrons. The maximum atomic E-state index is 10.1. The average molecular weight is 225 g/mol. The van der Waals surface area contributed by atoms with Crippen LogP contribution in [0.1, 0.15) is 30.1 Å². The van der Waals surface area contributed by atoms with Gasteiger partial charge in [-0.1, -0.05) is 11.6 Å². The maximum absolute atomic E-state index is 10.1. The SMILES string of the molecule is OC(c1cc(Cl)cc2c1OCC2)C1CC1. The predicted molar refractivity (Wildman–Crippen MR) is 58.3 cm³/mol. The number of rotatable bonds is 2. The highest BCUT2D eigenvalue weighted by Crippen LogP contribution is 2.46. The average Bonchev–Trinajstić information content (AvgIpc) is 2.96. The molecule has 1 saturated carbocycles. The third-order valence-electron chi connectivity index (χ3n) is 3.16. The van der Waals surface area contributed by atoms with E-state index in [9.17, 15) is 5.11 Å². The van der Waals surface area contributed by atoms with Crippen molar-refractivity contribution in [2.24, 2.45) is 5.92 Å². The van der Waals surface area contributed by atoms with Crippen molar-refractivity contribution in [2.75, 3.05) is 6.61 Å². The Morgan fingerprint density at radius 3 is 2.93 bits per heavy atom. The highest BCUT2D eigenvalue weighted by molar-refractivity contribution is 6.30. The minimum Gasteiger partial charge on any atom is -0.493 e. The van der Waals surface area contributed by atoms with Gasteiger partial charge in [0, 0.05) is 17.0 Å².